The minimum Gasteiger partial charge on any atom is -0.461 e. The van der Waals surface area contributed by atoms with Crippen molar-refractivity contribution in [1.29, 1.82) is 0 Å². The lowest BCUT2D eigenvalue weighted by molar-refractivity contribution is -0.132. The summed E-state index contributed by atoms with van der Waals surface area (Å²) in [7, 11) is 0. The van der Waals surface area contributed by atoms with Gasteiger partial charge in [0.25, 0.3) is 0 Å². The average Bonchev–Trinajstić information content (AvgIpc) is 3.66. The third kappa shape index (κ3) is 4.32. The van der Waals surface area contributed by atoms with E-state index >= 15 is 0 Å². The number of fused-ring (bicyclic) bond motifs is 1. The van der Waals surface area contributed by atoms with Crippen LogP contribution in [0.5, 0.6) is 0 Å². The topological polar surface area (TPSA) is 109 Å². The molecule has 180 valence electrons. The van der Waals surface area contributed by atoms with E-state index in [1.54, 1.807) is 12.3 Å². The quantitative estimate of drug-likeness (QED) is 0.472. The Bertz CT molecular complexity index is 1340. The van der Waals surface area contributed by atoms with Crippen LogP contribution in [-0.2, 0) is 4.79 Å². The van der Waals surface area contributed by atoms with E-state index in [9.17, 15) is 4.79 Å². The molecular formula is C25H28N8O2. The highest BCUT2D eigenvalue weighted by molar-refractivity contribution is 5.78. The van der Waals surface area contributed by atoms with Gasteiger partial charge in [-0.3, -0.25) is 9.69 Å². The lowest BCUT2D eigenvalue weighted by Crippen LogP contribution is -2.51. The molecule has 2 saturated heterocycles. The second kappa shape index (κ2) is 9.03. The summed E-state index contributed by atoms with van der Waals surface area (Å²) < 4.78 is 6.93. The molecule has 2 N–H and O–H groups in total. The summed E-state index contributed by atoms with van der Waals surface area (Å²) in [4.78, 5) is 28.4. The van der Waals surface area contributed by atoms with Crippen LogP contribution >= 0.6 is 0 Å². The predicted molar refractivity (Wildman–Crippen MR) is 133 cm³/mol. The van der Waals surface area contributed by atoms with E-state index in [1.165, 1.54) is 17.4 Å². The van der Waals surface area contributed by atoms with Crippen molar-refractivity contribution in [2.75, 3.05) is 56.4 Å². The molecule has 1 amide bonds. The molecule has 2 aliphatic heterocycles. The zero-order valence-corrected chi connectivity index (χ0v) is 19.5. The van der Waals surface area contributed by atoms with Crippen LogP contribution < -0.4 is 10.6 Å². The second-order valence-corrected chi connectivity index (χ2v) is 9.08. The Kier molecular flexibility index (Phi) is 5.57. The smallest absolute Gasteiger partial charge is 0.236 e. The fourth-order valence-electron chi connectivity index (χ4n) is 4.88. The van der Waals surface area contributed by atoms with Gasteiger partial charge >= 0.3 is 0 Å². The summed E-state index contributed by atoms with van der Waals surface area (Å²) >= 11 is 0. The molecule has 2 aliphatic rings. The van der Waals surface area contributed by atoms with E-state index in [1.807, 2.05) is 29.2 Å². The van der Waals surface area contributed by atoms with Crippen LogP contribution in [0.15, 0.2) is 53.1 Å². The van der Waals surface area contributed by atoms with E-state index in [4.69, 9.17) is 10.2 Å². The Morgan fingerprint density at radius 1 is 0.971 bits per heavy atom. The van der Waals surface area contributed by atoms with E-state index in [0.29, 0.717) is 23.8 Å². The molecule has 10 nitrogen and oxygen atoms in total. The maximum absolute atomic E-state index is 12.7. The largest absolute Gasteiger partial charge is 0.461 e. The van der Waals surface area contributed by atoms with E-state index < -0.39 is 0 Å². The molecule has 2 fully saturated rings. The number of benzene rings is 1. The predicted octanol–water partition coefficient (Wildman–Crippen LogP) is 2.38. The first-order valence-electron chi connectivity index (χ1n) is 12.1. The normalized spacial score (nSPS) is 16.9. The molecule has 0 bridgehead atoms. The third-order valence-corrected chi connectivity index (χ3v) is 6.79. The summed E-state index contributed by atoms with van der Waals surface area (Å²) in [6, 6.07) is 13.7. The van der Waals surface area contributed by atoms with Crippen LogP contribution in [0.25, 0.3) is 28.5 Å². The number of nitrogen functional groups attached to an aromatic ring is 1. The van der Waals surface area contributed by atoms with Gasteiger partial charge in [-0.15, -0.1) is 5.10 Å². The first-order chi connectivity index (χ1) is 17.1. The Labute approximate surface area is 203 Å². The highest BCUT2D eigenvalue weighted by Gasteiger charge is 2.24. The van der Waals surface area contributed by atoms with Crippen molar-refractivity contribution in [3.8, 4) is 22.8 Å². The minimum atomic E-state index is 0.246. The first-order valence-corrected chi connectivity index (χ1v) is 12.1. The van der Waals surface area contributed by atoms with Crippen molar-refractivity contribution in [2.24, 2.45) is 0 Å². The number of nitrogens with zero attached hydrogens (tertiary/aromatic N) is 7. The van der Waals surface area contributed by atoms with E-state index in [0.717, 1.165) is 56.2 Å². The zero-order chi connectivity index (χ0) is 23.8. The number of furan rings is 1. The number of piperazine rings is 1. The number of carbonyl (C=O) groups is 1. The third-order valence-electron chi connectivity index (χ3n) is 6.79. The number of nitrogens with two attached hydrogens (primary N) is 1. The Morgan fingerprint density at radius 3 is 2.57 bits per heavy atom. The van der Waals surface area contributed by atoms with Gasteiger partial charge in [0.1, 0.15) is 0 Å². The van der Waals surface area contributed by atoms with Crippen LogP contribution in [0.1, 0.15) is 12.8 Å². The number of likely N-dealkylation sites (tertiary alicyclic amines) is 1. The van der Waals surface area contributed by atoms with Crippen molar-refractivity contribution in [1.82, 2.24) is 29.4 Å². The van der Waals surface area contributed by atoms with Crippen LogP contribution in [0.2, 0.25) is 0 Å². The van der Waals surface area contributed by atoms with Gasteiger partial charge in [-0.25, -0.2) is 9.97 Å². The monoisotopic (exact) mass is 472 g/mol. The highest BCUT2D eigenvalue weighted by atomic mass is 16.3. The summed E-state index contributed by atoms with van der Waals surface area (Å²) in [6.07, 6.45) is 3.99. The molecule has 0 atom stereocenters. The molecule has 0 unspecified atom stereocenters. The van der Waals surface area contributed by atoms with Gasteiger partial charge < -0.3 is 20.0 Å². The maximum atomic E-state index is 12.7. The number of rotatable bonds is 5. The number of carbonyl (C=O) groups excluding carboxylic acids is 1. The fourth-order valence-corrected chi connectivity index (χ4v) is 4.88. The number of anilines is 2. The molecule has 0 saturated carbocycles. The molecule has 35 heavy (non-hydrogen) atoms. The van der Waals surface area contributed by atoms with Gasteiger partial charge in [0.15, 0.2) is 11.4 Å². The van der Waals surface area contributed by atoms with Crippen molar-refractivity contribution < 1.29 is 9.21 Å². The fraction of sp³-hybridized carbons (Fsp3) is 0.360. The number of aromatic nitrogens is 4. The number of hydrogen-bond acceptors (Lipinski definition) is 8. The summed E-state index contributed by atoms with van der Waals surface area (Å²) in [5.41, 5.74) is 9.60. The molecule has 1 aromatic carbocycles. The summed E-state index contributed by atoms with van der Waals surface area (Å²) in [5, 5.41) is 4.41. The van der Waals surface area contributed by atoms with E-state index in [-0.39, 0.29) is 11.9 Å². The zero-order valence-electron chi connectivity index (χ0n) is 19.5. The van der Waals surface area contributed by atoms with Crippen molar-refractivity contribution in [3.63, 3.8) is 0 Å². The molecule has 0 radical (unpaired) electrons. The van der Waals surface area contributed by atoms with Crippen LogP contribution in [0.3, 0.4) is 0 Å². The molecule has 0 aliphatic carbocycles. The lowest BCUT2D eigenvalue weighted by atomic mass is 10.1. The molecule has 3 aromatic heterocycles. The van der Waals surface area contributed by atoms with Gasteiger partial charge in [0, 0.05) is 43.5 Å². The van der Waals surface area contributed by atoms with Crippen molar-refractivity contribution in [3.05, 3.63) is 48.7 Å². The van der Waals surface area contributed by atoms with Gasteiger partial charge in [-0.2, -0.15) is 4.52 Å². The van der Waals surface area contributed by atoms with Gasteiger partial charge in [0.05, 0.1) is 18.5 Å². The summed E-state index contributed by atoms with van der Waals surface area (Å²) in [5.74, 6) is 1.55. The lowest BCUT2D eigenvalue weighted by Gasteiger charge is -2.37. The summed E-state index contributed by atoms with van der Waals surface area (Å²) in [6.45, 7) is 5.73. The first kappa shape index (κ1) is 21.6. The Balaban J connectivity index is 1.18. The maximum Gasteiger partial charge on any atom is 0.236 e. The van der Waals surface area contributed by atoms with Crippen molar-refractivity contribution >= 4 is 23.2 Å². The van der Waals surface area contributed by atoms with Crippen LogP contribution in [-0.4, -0.2) is 81.1 Å². The Morgan fingerprint density at radius 2 is 1.80 bits per heavy atom. The number of amides is 1. The van der Waals surface area contributed by atoms with Gasteiger partial charge in [-0.05, 0) is 50.2 Å². The number of hydrogen-bond donors (Lipinski definition) is 1. The van der Waals surface area contributed by atoms with Crippen LogP contribution in [0, 0.1) is 0 Å². The molecular weight excluding hydrogens is 444 g/mol. The highest BCUT2D eigenvalue weighted by Crippen LogP contribution is 2.27. The van der Waals surface area contributed by atoms with Gasteiger partial charge in [0.2, 0.25) is 17.7 Å². The Hall–Kier alpha value is -3.92. The van der Waals surface area contributed by atoms with Gasteiger partial charge in [-0.1, -0.05) is 12.1 Å². The van der Waals surface area contributed by atoms with Crippen molar-refractivity contribution in [2.45, 2.75) is 12.8 Å². The molecule has 4 aromatic rings. The minimum absolute atomic E-state index is 0.246. The molecule has 10 heteroatoms. The molecule has 5 heterocycles. The molecule has 0 spiro atoms. The average molecular weight is 473 g/mol. The van der Waals surface area contributed by atoms with E-state index in [2.05, 4.69) is 37.0 Å². The SMILES string of the molecule is Nc1nc(-c2cccc(N3CCN(C(=O)CN4CCCC4)CC3)c2)cc2nc(-c3ccco3)nn12. The second-order valence-electron chi connectivity index (χ2n) is 9.08. The van der Waals surface area contributed by atoms with Crippen LogP contribution in [0.4, 0.5) is 11.6 Å². The standard InChI is InChI=1S/C25H28N8O2/c26-25-27-20(16-22-28-24(29-33(22)25)21-7-4-14-35-21)18-5-3-6-19(15-18)31-10-12-32(13-11-31)23(34)17-30-8-1-2-9-30/h3-7,14-16H,1-2,8-13,17H2,(H2,26,27). The molecule has 6 rings (SSSR count).